The smallest absolute Gasteiger partial charge is 0.326 e. The van der Waals surface area contributed by atoms with E-state index in [4.69, 9.17) is 9.52 Å². The van der Waals surface area contributed by atoms with E-state index in [0.717, 1.165) is 5.56 Å². The highest BCUT2D eigenvalue weighted by molar-refractivity contribution is 5.83. The molecule has 134 valence electrons. The molecule has 0 radical (unpaired) electrons. The van der Waals surface area contributed by atoms with Crippen LogP contribution in [0.3, 0.4) is 0 Å². The zero-order valence-electron chi connectivity index (χ0n) is 14.8. The van der Waals surface area contributed by atoms with E-state index in [-0.39, 0.29) is 12.3 Å². The van der Waals surface area contributed by atoms with Crippen molar-refractivity contribution in [1.29, 1.82) is 0 Å². The summed E-state index contributed by atoms with van der Waals surface area (Å²) in [6.07, 6.45) is 2.45. The Balaban J connectivity index is 1.93. The van der Waals surface area contributed by atoms with Crippen molar-refractivity contribution in [2.24, 2.45) is 0 Å². The molecule has 0 fully saturated rings. The van der Waals surface area contributed by atoms with Crippen LogP contribution in [0.1, 0.15) is 51.0 Å². The van der Waals surface area contributed by atoms with Gasteiger partial charge in [0.05, 0.1) is 6.20 Å². The van der Waals surface area contributed by atoms with Crippen LogP contribution < -0.4 is 5.32 Å². The summed E-state index contributed by atoms with van der Waals surface area (Å²) in [5.41, 5.74) is 2.19. The van der Waals surface area contributed by atoms with Crippen molar-refractivity contribution in [3.8, 4) is 11.3 Å². The second kappa shape index (κ2) is 8.46. The van der Waals surface area contributed by atoms with E-state index < -0.39 is 12.0 Å². The van der Waals surface area contributed by atoms with Gasteiger partial charge in [-0.15, -0.1) is 0 Å². The lowest BCUT2D eigenvalue weighted by atomic mass is 10.0. The summed E-state index contributed by atoms with van der Waals surface area (Å²) in [5.74, 6) is 0.231. The monoisotopic (exact) mass is 344 g/mol. The Labute approximate surface area is 147 Å². The first-order valence-electron chi connectivity index (χ1n) is 8.48. The number of hydrogen-bond acceptors (Lipinski definition) is 4. The average Bonchev–Trinajstić information content (AvgIpc) is 3.06. The Morgan fingerprint density at radius 3 is 2.48 bits per heavy atom. The SMILES string of the molecule is CCC(NC(=O)CCc1ncc(-c2ccc(C(C)C)cc2)o1)C(=O)O. The molecule has 1 unspecified atom stereocenters. The van der Waals surface area contributed by atoms with E-state index in [2.05, 4.69) is 36.3 Å². The predicted molar refractivity (Wildman–Crippen MR) is 94.2 cm³/mol. The third-order valence-electron chi connectivity index (χ3n) is 4.02. The molecule has 2 aromatic rings. The zero-order chi connectivity index (χ0) is 18.4. The maximum absolute atomic E-state index is 11.8. The van der Waals surface area contributed by atoms with Gasteiger partial charge in [-0.3, -0.25) is 4.79 Å². The number of aliphatic carboxylic acids is 1. The minimum absolute atomic E-state index is 0.135. The minimum Gasteiger partial charge on any atom is -0.480 e. The number of oxazole rings is 1. The van der Waals surface area contributed by atoms with Crippen molar-refractivity contribution in [2.75, 3.05) is 0 Å². The normalized spacial score (nSPS) is 12.2. The second-order valence-electron chi connectivity index (χ2n) is 6.26. The van der Waals surface area contributed by atoms with E-state index in [1.807, 2.05) is 12.1 Å². The number of carbonyl (C=O) groups excluding carboxylic acids is 1. The van der Waals surface area contributed by atoms with Crippen molar-refractivity contribution in [3.05, 3.63) is 41.9 Å². The number of hydrogen-bond donors (Lipinski definition) is 2. The number of carboxylic acid groups (broad SMARTS) is 1. The highest BCUT2D eigenvalue weighted by atomic mass is 16.4. The topological polar surface area (TPSA) is 92.4 Å². The fourth-order valence-corrected chi connectivity index (χ4v) is 2.42. The van der Waals surface area contributed by atoms with E-state index >= 15 is 0 Å². The number of nitrogens with zero attached hydrogens (tertiary/aromatic N) is 1. The zero-order valence-corrected chi connectivity index (χ0v) is 14.8. The number of carbonyl (C=O) groups is 2. The van der Waals surface area contributed by atoms with Crippen LogP contribution in [-0.4, -0.2) is 28.0 Å². The number of nitrogens with one attached hydrogen (secondary N) is 1. The van der Waals surface area contributed by atoms with Gasteiger partial charge in [-0.1, -0.05) is 45.0 Å². The van der Waals surface area contributed by atoms with Gasteiger partial charge in [-0.05, 0) is 17.9 Å². The molecule has 0 saturated carbocycles. The quantitative estimate of drug-likeness (QED) is 0.766. The summed E-state index contributed by atoms with van der Waals surface area (Å²) in [7, 11) is 0. The van der Waals surface area contributed by atoms with Crippen LogP contribution in [0.5, 0.6) is 0 Å². The average molecular weight is 344 g/mol. The Bertz CT molecular complexity index is 719. The predicted octanol–water partition coefficient (Wildman–Crippen LogP) is 3.38. The van der Waals surface area contributed by atoms with Crippen LogP contribution in [-0.2, 0) is 16.0 Å². The fourth-order valence-electron chi connectivity index (χ4n) is 2.42. The van der Waals surface area contributed by atoms with E-state index in [0.29, 0.717) is 30.4 Å². The first kappa shape index (κ1) is 18.7. The second-order valence-corrected chi connectivity index (χ2v) is 6.26. The first-order chi connectivity index (χ1) is 11.9. The van der Waals surface area contributed by atoms with Gasteiger partial charge in [0.15, 0.2) is 11.7 Å². The van der Waals surface area contributed by atoms with Gasteiger partial charge in [-0.25, -0.2) is 9.78 Å². The number of aryl methyl sites for hydroxylation is 1. The number of rotatable bonds is 8. The summed E-state index contributed by atoms with van der Waals surface area (Å²) >= 11 is 0. The summed E-state index contributed by atoms with van der Waals surface area (Å²) in [6.45, 7) is 5.99. The molecule has 6 heteroatoms. The fraction of sp³-hybridized carbons (Fsp3) is 0.421. The summed E-state index contributed by atoms with van der Waals surface area (Å²) in [5, 5.41) is 11.4. The molecule has 0 aliphatic heterocycles. The largest absolute Gasteiger partial charge is 0.480 e. The van der Waals surface area contributed by atoms with E-state index in [1.165, 1.54) is 5.56 Å². The van der Waals surface area contributed by atoms with Crippen LogP contribution in [0.25, 0.3) is 11.3 Å². The van der Waals surface area contributed by atoms with Crippen LogP contribution in [0.15, 0.2) is 34.9 Å². The van der Waals surface area contributed by atoms with Crippen LogP contribution in [0, 0.1) is 0 Å². The van der Waals surface area contributed by atoms with Crippen molar-refractivity contribution in [1.82, 2.24) is 10.3 Å². The van der Waals surface area contributed by atoms with Crippen molar-refractivity contribution in [2.45, 2.75) is 52.0 Å². The number of amides is 1. The third kappa shape index (κ3) is 5.17. The Morgan fingerprint density at radius 2 is 1.92 bits per heavy atom. The molecule has 2 N–H and O–H groups in total. The maximum atomic E-state index is 11.8. The summed E-state index contributed by atoms with van der Waals surface area (Å²) in [6, 6.07) is 7.25. The number of carboxylic acids is 1. The molecule has 25 heavy (non-hydrogen) atoms. The molecule has 2 rings (SSSR count). The van der Waals surface area contributed by atoms with Gasteiger partial charge >= 0.3 is 5.97 Å². The first-order valence-corrected chi connectivity index (χ1v) is 8.48. The standard InChI is InChI=1S/C19H24N2O4/c1-4-15(19(23)24)21-17(22)9-10-18-20-11-16(25-18)14-7-5-13(6-8-14)12(2)3/h5-8,11-12,15H,4,9-10H2,1-3H3,(H,21,22)(H,23,24). The lowest BCUT2D eigenvalue weighted by molar-refractivity contribution is -0.141. The van der Waals surface area contributed by atoms with Crippen molar-refractivity contribution >= 4 is 11.9 Å². The highest BCUT2D eigenvalue weighted by Crippen LogP contribution is 2.23. The molecule has 0 spiro atoms. The van der Waals surface area contributed by atoms with Gasteiger partial charge < -0.3 is 14.8 Å². The molecule has 0 aliphatic rings. The van der Waals surface area contributed by atoms with Crippen LogP contribution >= 0.6 is 0 Å². The number of aromatic nitrogens is 1. The molecule has 0 saturated heterocycles. The molecule has 0 bridgehead atoms. The molecule has 1 heterocycles. The Kier molecular flexibility index (Phi) is 6.33. The van der Waals surface area contributed by atoms with Crippen LogP contribution in [0.2, 0.25) is 0 Å². The number of benzene rings is 1. The Morgan fingerprint density at radius 1 is 1.24 bits per heavy atom. The van der Waals surface area contributed by atoms with Gasteiger partial charge in [0.1, 0.15) is 6.04 Å². The molecule has 1 aromatic heterocycles. The van der Waals surface area contributed by atoms with E-state index in [1.54, 1.807) is 13.1 Å². The lowest BCUT2D eigenvalue weighted by Gasteiger charge is -2.11. The van der Waals surface area contributed by atoms with Gasteiger partial charge in [-0.2, -0.15) is 0 Å². The van der Waals surface area contributed by atoms with Gasteiger partial charge in [0.25, 0.3) is 0 Å². The van der Waals surface area contributed by atoms with Crippen molar-refractivity contribution in [3.63, 3.8) is 0 Å². The maximum Gasteiger partial charge on any atom is 0.326 e. The van der Waals surface area contributed by atoms with E-state index in [9.17, 15) is 9.59 Å². The highest BCUT2D eigenvalue weighted by Gasteiger charge is 2.18. The summed E-state index contributed by atoms with van der Waals surface area (Å²) in [4.78, 5) is 26.9. The Hall–Kier alpha value is -2.63. The third-order valence-corrected chi connectivity index (χ3v) is 4.02. The van der Waals surface area contributed by atoms with Crippen molar-refractivity contribution < 1.29 is 19.1 Å². The molecule has 1 atom stereocenters. The van der Waals surface area contributed by atoms with Crippen LogP contribution in [0.4, 0.5) is 0 Å². The molecule has 6 nitrogen and oxygen atoms in total. The molecule has 0 aliphatic carbocycles. The molecule has 1 aromatic carbocycles. The summed E-state index contributed by atoms with van der Waals surface area (Å²) < 4.78 is 5.69. The van der Waals surface area contributed by atoms with Gasteiger partial charge in [0, 0.05) is 18.4 Å². The molecular formula is C19H24N2O4. The van der Waals surface area contributed by atoms with Gasteiger partial charge in [0.2, 0.25) is 5.91 Å². The molecule has 1 amide bonds. The molecular weight excluding hydrogens is 320 g/mol. The lowest BCUT2D eigenvalue weighted by Crippen LogP contribution is -2.40. The minimum atomic E-state index is -1.03.